The van der Waals surface area contributed by atoms with E-state index in [9.17, 15) is 14.7 Å². The van der Waals surface area contributed by atoms with Gasteiger partial charge in [0.2, 0.25) is 5.91 Å². The van der Waals surface area contributed by atoms with Gasteiger partial charge in [-0.1, -0.05) is 48.5 Å². The molecule has 0 aliphatic heterocycles. The van der Waals surface area contributed by atoms with Crippen LogP contribution in [-0.2, 0) is 14.3 Å². The largest absolute Gasteiger partial charge is 0.480 e. The van der Waals surface area contributed by atoms with Crippen molar-refractivity contribution in [3.8, 4) is 11.1 Å². The van der Waals surface area contributed by atoms with Crippen LogP contribution in [0, 0.1) is 0 Å². The van der Waals surface area contributed by atoms with Gasteiger partial charge in [-0.15, -0.1) is 0 Å². The number of likely N-dealkylation sites (N-methyl/N-ethyl adjacent to an activating group) is 1. The number of carboxylic acids is 1. The van der Waals surface area contributed by atoms with Gasteiger partial charge in [0.1, 0.15) is 0 Å². The zero-order valence-corrected chi connectivity index (χ0v) is 17.5. The molecule has 0 aromatic heterocycles. The highest BCUT2D eigenvalue weighted by atomic mass is 16.5. The summed E-state index contributed by atoms with van der Waals surface area (Å²) in [5, 5.41) is 9.56. The number of hydrogen-bond donors (Lipinski definition) is 1. The van der Waals surface area contributed by atoms with E-state index in [1.165, 1.54) is 27.2 Å². The third-order valence-electron chi connectivity index (χ3n) is 5.43. The zero-order chi connectivity index (χ0) is 21.2. The first kappa shape index (κ1) is 21.1. The SMILES string of the molecule is CN(C(=O)CCC1c2ccccc2-c2ccccc21)[C@@H](COC(C)(C)C)C(=O)O. The van der Waals surface area contributed by atoms with Gasteiger partial charge in [0.25, 0.3) is 0 Å². The highest BCUT2D eigenvalue weighted by molar-refractivity contribution is 5.84. The number of carboxylic acid groups (broad SMARTS) is 1. The van der Waals surface area contributed by atoms with Gasteiger partial charge in [-0.05, 0) is 49.4 Å². The number of fused-ring (bicyclic) bond motifs is 3. The van der Waals surface area contributed by atoms with E-state index in [4.69, 9.17) is 4.74 Å². The van der Waals surface area contributed by atoms with Crippen LogP contribution in [0.1, 0.15) is 50.7 Å². The van der Waals surface area contributed by atoms with Gasteiger partial charge in [-0.25, -0.2) is 4.79 Å². The Labute approximate surface area is 172 Å². The molecular weight excluding hydrogens is 366 g/mol. The Morgan fingerprint density at radius 3 is 2.03 bits per heavy atom. The maximum Gasteiger partial charge on any atom is 0.328 e. The van der Waals surface area contributed by atoms with Crippen molar-refractivity contribution in [1.82, 2.24) is 4.90 Å². The van der Waals surface area contributed by atoms with E-state index in [1.54, 1.807) is 7.05 Å². The smallest absolute Gasteiger partial charge is 0.328 e. The topological polar surface area (TPSA) is 66.8 Å². The normalized spacial score (nSPS) is 14.2. The van der Waals surface area contributed by atoms with Gasteiger partial charge in [0.05, 0.1) is 12.2 Å². The van der Waals surface area contributed by atoms with Gasteiger partial charge in [0.15, 0.2) is 6.04 Å². The fourth-order valence-corrected chi connectivity index (χ4v) is 3.87. The second kappa shape index (κ2) is 8.37. The summed E-state index contributed by atoms with van der Waals surface area (Å²) < 4.78 is 5.62. The molecule has 0 heterocycles. The molecule has 1 aliphatic rings. The summed E-state index contributed by atoms with van der Waals surface area (Å²) >= 11 is 0. The lowest BCUT2D eigenvalue weighted by molar-refractivity contribution is -0.154. The maximum absolute atomic E-state index is 12.8. The predicted molar refractivity (Wildman–Crippen MR) is 113 cm³/mol. The minimum Gasteiger partial charge on any atom is -0.480 e. The van der Waals surface area contributed by atoms with Crippen molar-refractivity contribution in [2.24, 2.45) is 0 Å². The number of aliphatic carboxylic acids is 1. The van der Waals surface area contributed by atoms with Crippen molar-refractivity contribution in [2.45, 2.75) is 51.2 Å². The van der Waals surface area contributed by atoms with Crippen molar-refractivity contribution < 1.29 is 19.4 Å². The molecule has 2 aromatic carbocycles. The molecule has 0 saturated heterocycles. The van der Waals surface area contributed by atoms with Crippen LogP contribution < -0.4 is 0 Å². The highest BCUT2D eigenvalue weighted by Crippen LogP contribution is 2.46. The van der Waals surface area contributed by atoms with Crippen molar-refractivity contribution >= 4 is 11.9 Å². The molecule has 1 N–H and O–H groups in total. The van der Waals surface area contributed by atoms with Crippen LogP contribution >= 0.6 is 0 Å². The van der Waals surface area contributed by atoms with E-state index in [1.807, 2.05) is 45.0 Å². The van der Waals surface area contributed by atoms with Crippen molar-refractivity contribution in [1.29, 1.82) is 0 Å². The first-order valence-corrected chi connectivity index (χ1v) is 9.99. The number of amides is 1. The molecule has 1 aliphatic carbocycles. The van der Waals surface area contributed by atoms with Crippen LogP contribution in [0.25, 0.3) is 11.1 Å². The molecule has 5 heteroatoms. The molecule has 3 rings (SSSR count). The number of carbonyl (C=O) groups excluding carboxylic acids is 1. The van der Waals surface area contributed by atoms with E-state index in [0.29, 0.717) is 6.42 Å². The fourth-order valence-electron chi connectivity index (χ4n) is 3.87. The minimum absolute atomic E-state index is 0.0316. The quantitative estimate of drug-likeness (QED) is 0.759. The van der Waals surface area contributed by atoms with Crippen LogP contribution in [0.5, 0.6) is 0 Å². The number of ether oxygens (including phenoxy) is 1. The molecule has 2 aromatic rings. The van der Waals surface area contributed by atoms with Crippen LogP contribution in [0.2, 0.25) is 0 Å². The molecule has 0 bridgehead atoms. The first-order chi connectivity index (χ1) is 13.7. The number of hydrogen-bond acceptors (Lipinski definition) is 3. The number of benzene rings is 2. The summed E-state index contributed by atoms with van der Waals surface area (Å²) in [6.45, 7) is 5.56. The molecule has 1 atom stereocenters. The van der Waals surface area contributed by atoms with Gasteiger partial charge >= 0.3 is 5.97 Å². The predicted octanol–water partition coefficient (Wildman–Crippen LogP) is 4.31. The maximum atomic E-state index is 12.8. The molecule has 0 spiro atoms. The Bertz CT molecular complexity index is 854. The van der Waals surface area contributed by atoms with E-state index >= 15 is 0 Å². The first-order valence-electron chi connectivity index (χ1n) is 9.99. The Morgan fingerprint density at radius 1 is 1.03 bits per heavy atom. The van der Waals surface area contributed by atoms with E-state index in [0.717, 1.165) is 0 Å². The van der Waals surface area contributed by atoms with Crippen LogP contribution in [-0.4, -0.2) is 47.2 Å². The van der Waals surface area contributed by atoms with Crippen molar-refractivity contribution in [2.75, 3.05) is 13.7 Å². The number of carbonyl (C=O) groups is 2. The lowest BCUT2D eigenvalue weighted by atomic mass is 9.92. The Balaban J connectivity index is 1.70. The molecule has 29 heavy (non-hydrogen) atoms. The molecule has 0 fully saturated rings. The Morgan fingerprint density at radius 2 is 1.55 bits per heavy atom. The van der Waals surface area contributed by atoms with Crippen LogP contribution in [0.3, 0.4) is 0 Å². The van der Waals surface area contributed by atoms with E-state index < -0.39 is 17.6 Å². The number of nitrogens with zero attached hydrogens (tertiary/aromatic N) is 1. The summed E-state index contributed by atoms with van der Waals surface area (Å²) in [7, 11) is 1.55. The van der Waals surface area contributed by atoms with Gasteiger partial charge in [-0.2, -0.15) is 0 Å². The fraction of sp³-hybridized carbons (Fsp3) is 0.417. The van der Waals surface area contributed by atoms with Crippen molar-refractivity contribution in [3.63, 3.8) is 0 Å². The summed E-state index contributed by atoms with van der Waals surface area (Å²) in [4.78, 5) is 25.8. The second-order valence-electron chi connectivity index (χ2n) is 8.55. The summed E-state index contributed by atoms with van der Waals surface area (Å²) in [6.07, 6.45) is 0.923. The van der Waals surface area contributed by atoms with Gasteiger partial charge < -0.3 is 14.7 Å². The van der Waals surface area contributed by atoms with Gasteiger partial charge in [-0.3, -0.25) is 4.79 Å². The molecule has 154 valence electrons. The molecule has 0 unspecified atom stereocenters. The van der Waals surface area contributed by atoms with Gasteiger partial charge in [0, 0.05) is 19.4 Å². The molecule has 1 amide bonds. The van der Waals surface area contributed by atoms with Crippen LogP contribution in [0.15, 0.2) is 48.5 Å². The molecule has 5 nitrogen and oxygen atoms in total. The average molecular weight is 395 g/mol. The number of rotatable bonds is 7. The zero-order valence-electron chi connectivity index (χ0n) is 17.5. The lowest BCUT2D eigenvalue weighted by Gasteiger charge is -2.28. The highest BCUT2D eigenvalue weighted by Gasteiger charge is 2.31. The third kappa shape index (κ3) is 4.67. The molecular formula is C24H29NO4. The average Bonchev–Trinajstić information content (AvgIpc) is 2.99. The van der Waals surface area contributed by atoms with Crippen molar-refractivity contribution in [3.05, 3.63) is 59.7 Å². The van der Waals surface area contributed by atoms with Crippen LogP contribution in [0.4, 0.5) is 0 Å². The molecule has 0 radical (unpaired) electrons. The third-order valence-corrected chi connectivity index (χ3v) is 5.43. The minimum atomic E-state index is -1.05. The summed E-state index contributed by atoms with van der Waals surface area (Å²) in [5.41, 5.74) is 4.44. The molecule has 0 saturated carbocycles. The van der Waals surface area contributed by atoms with E-state index in [-0.39, 0.29) is 24.9 Å². The Hall–Kier alpha value is -2.66. The standard InChI is InChI=1S/C24H29NO4/c1-24(2,3)29-15-21(23(27)28)25(4)22(26)14-13-20-18-11-7-5-9-16(18)17-10-6-8-12-19(17)20/h5-12,20-21H,13-15H2,1-4H3,(H,27,28)/t21-/m0/s1. The summed E-state index contributed by atoms with van der Waals surface area (Å²) in [6, 6.07) is 15.6. The second-order valence-corrected chi connectivity index (χ2v) is 8.55. The lowest BCUT2D eigenvalue weighted by Crippen LogP contribution is -2.46. The van der Waals surface area contributed by atoms with E-state index in [2.05, 4.69) is 24.3 Å². The summed E-state index contributed by atoms with van der Waals surface area (Å²) in [5.74, 6) is -1.09. The Kier molecular flexibility index (Phi) is 6.08. The monoisotopic (exact) mass is 395 g/mol.